The van der Waals surface area contributed by atoms with Gasteiger partial charge in [0.15, 0.2) is 0 Å². The highest BCUT2D eigenvalue weighted by atomic mass is 35.5. The number of hydrogen-bond acceptors (Lipinski definition) is 3. The molecule has 1 aromatic rings. The second-order valence-electron chi connectivity index (χ2n) is 2.90. The normalized spacial score (nSPS) is 11.4. The zero-order valence-corrected chi connectivity index (χ0v) is 9.77. The topological polar surface area (TPSA) is 55.1 Å². The Morgan fingerprint density at radius 1 is 1.67 bits per heavy atom. The molecule has 0 aliphatic carbocycles. The molecular weight excluding hydrogens is 232 g/mol. The van der Waals surface area contributed by atoms with Crippen molar-refractivity contribution in [3.63, 3.8) is 0 Å². The highest BCUT2D eigenvalue weighted by Gasteiger charge is 2.08. The van der Waals surface area contributed by atoms with Gasteiger partial charge in [-0.1, -0.05) is 6.07 Å². The van der Waals surface area contributed by atoms with Crippen molar-refractivity contribution in [2.75, 3.05) is 12.4 Å². The van der Waals surface area contributed by atoms with Crippen molar-refractivity contribution in [3.05, 3.63) is 28.6 Å². The molecule has 0 saturated heterocycles. The van der Waals surface area contributed by atoms with Gasteiger partial charge in [-0.15, -0.1) is 22.9 Å². The van der Waals surface area contributed by atoms with Gasteiger partial charge in [0.25, 0.3) is 5.91 Å². The van der Waals surface area contributed by atoms with E-state index in [-0.39, 0.29) is 0 Å². The molecule has 0 spiro atoms. The number of carbonyl (C=O) groups excluding carboxylic acids is 1. The molecule has 1 amide bonds. The predicted molar refractivity (Wildman–Crippen MR) is 64.8 cm³/mol. The van der Waals surface area contributed by atoms with Crippen molar-refractivity contribution in [2.45, 2.75) is 6.42 Å². The number of thiophene rings is 1. The summed E-state index contributed by atoms with van der Waals surface area (Å²) in [5.41, 5.74) is 5.79. The van der Waals surface area contributed by atoms with Crippen LogP contribution in [0.5, 0.6) is 0 Å². The highest BCUT2D eigenvalue weighted by molar-refractivity contribution is 7.11. The number of nitrogens with one attached hydrogen (secondary N) is 1. The number of primary amides is 1. The Morgan fingerprint density at radius 2 is 2.47 bits per heavy atom. The molecule has 0 aliphatic rings. The molecule has 0 bridgehead atoms. The fraction of sp³-hybridized carbons (Fsp3) is 0.300. The van der Waals surface area contributed by atoms with Crippen LogP contribution in [0.1, 0.15) is 11.3 Å². The van der Waals surface area contributed by atoms with Crippen LogP contribution in [-0.2, 0) is 4.79 Å². The monoisotopic (exact) mass is 244 g/mol. The maximum atomic E-state index is 11.2. The van der Waals surface area contributed by atoms with E-state index in [1.165, 1.54) is 11.3 Å². The predicted octanol–water partition coefficient (Wildman–Crippen LogP) is 1.79. The lowest BCUT2D eigenvalue weighted by atomic mass is 10.2. The Balaban J connectivity index is 2.63. The molecule has 0 atom stereocenters. The molecule has 0 fully saturated rings. The summed E-state index contributed by atoms with van der Waals surface area (Å²) >= 11 is 7.02. The summed E-state index contributed by atoms with van der Waals surface area (Å²) in [6.07, 6.45) is 2.51. The van der Waals surface area contributed by atoms with Crippen LogP contribution >= 0.6 is 22.9 Å². The van der Waals surface area contributed by atoms with Crippen molar-refractivity contribution >= 4 is 34.4 Å². The maximum Gasteiger partial charge on any atom is 0.251 e. The molecule has 5 heteroatoms. The van der Waals surface area contributed by atoms with Gasteiger partial charge >= 0.3 is 0 Å². The molecule has 15 heavy (non-hydrogen) atoms. The van der Waals surface area contributed by atoms with Crippen LogP contribution in [0.3, 0.4) is 0 Å². The average molecular weight is 245 g/mol. The van der Waals surface area contributed by atoms with Gasteiger partial charge in [0.1, 0.15) is 0 Å². The van der Waals surface area contributed by atoms with Crippen LogP contribution < -0.4 is 11.1 Å². The minimum atomic E-state index is -0.421. The van der Waals surface area contributed by atoms with Crippen LogP contribution in [0.25, 0.3) is 5.57 Å². The number of rotatable bonds is 6. The van der Waals surface area contributed by atoms with Gasteiger partial charge < -0.3 is 11.1 Å². The van der Waals surface area contributed by atoms with Crippen LogP contribution in [0.15, 0.2) is 23.7 Å². The summed E-state index contributed by atoms with van der Waals surface area (Å²) < 4.78 is 0. The number of hydrogen-bond donors (Lipinski definition) is 2. The first kappa shape index (κ1) is 12.1. The van der Waals surface area contributed by atoms with Crippen LogP contribution in [0, 0.1) is 0 Å². The van der Waals surface area contributed by atoms with Crippen molar-refractivity contribution in [1.82, 2.24) is 5.32 Å². The third kappa shape index (κ3) is 3.93. The Morgan fingerprint density at radius 3 is 3.00 bits per heavy atom. The molecule has 0 aliphatic heterocycles. The summed E-state index contributed by atoms with van der Waals surface area (Å²) in [4.78, 5) is 12.0. The van der Waals surface area contributed by atoms with Crippen LogP contribution in [0.2, 0.25) is 0 Å². The zero-order chi connectivity index (χ0) is 11.1. The van der Waals surface area contributed by atoms with Gasteiger partial charge in [0.2, 0.25) is 0 Å². The summed E-state index contributed by atoms with van der Waals surface area (Å²) in [5, 5.41) is 4.92. The quantitative estimate of drug-likeness (QED) is 0.456. The van der Waals surface area contributed by atoms with Crippen molar-refractivity contribution in [3.8, 4) is 0 Å². The average Bonchev–Trinajstić information content (AvgIpc) is 2.70. The largest absolute Gasteiger partial charge is 0.390 e. The van der Waals surface area contributed by atoms with Gasteiger partial charge in [0, 0.05) is 23.5 Å². The van der Waals surface area contributed by atoms with Crippen molar-refractivity contribution in [2.24, 2.45) is 5.73 Å². The lowest BCUT2D eigenvalue weighted by molar-refractivity contribution is -0.112. The minimum Gasteiger partial charge on any atom is -0.390 e. The van der Waals surface area contributed by atoms with Gasteiger partial charge in [-0.05, 0) is 17.9 Å². The fourth-order valence-corrected chi connectivity index (χ4v) is 1.92. The van der Waals surface area contributed by atoms with Gasteiger partial charge in [-0.25, -0.2) is 0 Å². The second-order valence-corrected chi connectivity index (χ2v) is 4.22. The number of alkyl halides is 1. The Hall–Kier alpha value is -1.000. The summed E-state index contributed by atoms with van der Waals surface area (Å²) in [6, 6.07) is 3.75. The van der Waals surface area contributed by atoms with Crippen LogP contribution in [-0.4, -0.2) is 18.3 Å². The summed E-state index contributed by atoms with van der Waals surface area (Å²) in [6.45, 7) is 0.742. The third-order valence-electron chi connectivity index (χ3n) is 1.75. The van der Waals surface area contributed by atoms with E-state index in [2.05, 4.69) is 5.32 Å². The SMILES string of the molecule is NC(=O)/C(=C\NCCCCl)c1cccs1. The minimum absolute atomic E-state index is 0.421. The number of nitrogens with two attached hydrogens (primary N) is 1. The first-order valence-corrected chi connectivity index (χ1v) is 6.00. The first-order valence-electron chi connectivity index (χ1n) is 4.59. The van der Waals surface area contributed by atoms with Gasteiger partial charge in [-0.2, -0.15) is 0 Å². The number of halogens is 1. The smallest absolute Gasteiger partial charge is 0.251 e. The molecule has 1 heterocycles. The molecule has 1 rings (SSSR count). The lowest BCUT2D eigenvalue weighted by Gasteiger charge is -2.02. The van der Waals surface area contributed by atoms with E-state index >= 15 is 0 Å². The Kier molecular flexibility index (Phi) is 5.21. The molecule has 82 valence electrons. The molecule has 0 saturated carbocycles. The zero-order valence-electron chi connectivity index (χ0n) is 8.20. The summed E-state index contributed by atoms with van der Waals surface area (Å²) in [7, 11) is 0. The van der Waals surface area contributed by atoms with E-state index < -0.39 is 5.91 Å². The first-order chi connectivity index (χ1) is 7.25. The van der Waals surface area contributed by atoms with E-state index in [4.69, 9.17) is 17.3 Å². The van der Waals surface area contributed by atoms with E-state index in [9.17, 15) is 4.79 Å². The maximum absolute atomic E-state index is 11.2. The molecule has 0 radical (unpaired) electrons. The fourth-order valence-electron chi connectivity index (χ4n) is 1.04. The van der Waals surface area contributed by atoms with Crippen molar-refractivity contribution in [1.29, 1.82) is 0 Å². The highest BCUT2D eigenvalue weighted by Crippen LogP contribution is 2.18. The van der Waals surface area contributed by atoms with E-state index in [0.29, 0.717) is 11.5 Å². The lowest BCUT2D eigenvalue weighted by Crippen LogP contribution is -2.16. The van der Waals surface area contributed by atoms with Crippen molar-refractivity contribution < 1.29 is 4.79 Å². The molecule has 0 unspecified atom stereocenters. The Labute approximate surface area is 97.9 Å². The van der Waals surface area contributed by atoms with Crippen LogP contribution in [0.4, 0.5) is 0 Å². The molecular formula is C10H13ClN2OS. The van der Waals surface area contributed by atoms with E-state index in [0.717, 1.165) is 17.8 Å². The second kappa shape index (κ2) is 6.48. The van der Waals surface area contributed by atoms with E-state index in [1.54, 1.807) is 6.20 Å². The van der Waals surface area contributed by atoms with E-state index in [1.807, 2.05) is 17.5 Å². The van der Waals surface area contributed by atoms with Gasteiger partial charge in [0.05, 0.1) is 5.57 Å². The van der Waals surface area contributed by atoms with Gasteiger partial charge in [-0.3, -0.25) is 4.79 Å². The Bertz CT molecular complexity index is 335. The third-order valence-corrected chi connectivity index (χ3v) is 2.92. The number of amides is 1. The summed E-state index contributed by atoms with van der Waals surface area (Å²) in [5.74, 6) is 0.182. The molecule has 3 nitrogen and oxygen atoms in total. The molecule has 3 N–H and O–H groups in total. The standard InChI is InChI=1S/C10H13ClN2OS/c11-4-2-5-13-7-8(10(12)14)9-3-1-6-15-9/h1,3,6-7,13H,2,4-5H2,(H2,12,14)/b8-7-. The number of carbonyl (C=O) groups is 1. The molecule has 0 aromatic carbocycles. The molecule has 1 aromatic heterocycles.